The van der Waals surface area contributed by atoms with Crippen LogP contribution in [0.4, 0.5) is 0 Å². The molecule has 2 N–H and O–H groups in total. The molecule has 132 valence electrons. The highest BCUT2D eigenvalue weighted by atomic mass is 16.3. The van der Waals surface area contributed by atoms with Gasteiger partial charge in [0.05, 0.1) is 13.2 Å². The van der Waals surface area contributed by atoms with Crippen molar-refractivity contribution in [1.82, 2.24) is 0 Å². The third kappa shape index (κ3) is 27.7. The largest absolute Gasteiger partial charge is 0.392 e. The average Bonchev–Trinajstić information content (AvgIpc) is 2.54. The van der Waals surface area contributed by atoms with E-state index in [1.807, 2.05) is 12.2 Å². The van der Waals surface area contributed by atoms with Crippen molar-refractivity contribution in [3.8, 4) is 0 Å². The Balaban J connectivity index is 0. The fraction of sp³-hybridized carbons (Fsp3) is 0.800. The minimum absolute atomic E-state index is 0.189. The fourth-order valence-electron chi connectivity index (χ4n) is 2.12. The Morgan fingerprint density at radius 3 is 1.18 bits per heavy atom. The number of rotatable bonds is 14. The zero-order valence-electron chi connectivity index (χ0n) is 15.1. The maximum absolute atomic E-state index is 8.42. The van der Waals surface area contributed by atoms with E-state index in [9.17, 15) is 0 Å². The first kappa shape index (κ1) is 23.7. The first-order valence-corrected chi connectivity index (χ1v) is 9.35. The number of aliphatic hydroxyl groups excluding tert-OH is 2. The van der Waals surface area contributed by atoms with Gasteiger partial charge in [0.2, 0.25) is 0 Å². The van der Waals surface area contributed by atoms with Gasteiger partial charge in [0, 0.05) is 0 Å². The summed E-state index contributed by atoms with van der Waals surface area (Å²) < 4.78 is 0. The van der Waals surface area contributed by atoms with Crippen LogP contribution in [-0.4, -0.2) is 23.4 Å². The quantitative estimate of drug-likeness (QED) is 0.315. The van der Waals surface area contributed by atoms with E-state index in [-0.39, 0.29) is 13.2 Å². The molecule has 0 aliphatic rings. The number of allylic oxidation sites excluding steroid dienone is 2. The van der Waals surface area contributed by atoms with Crippen molar-refractivity contribution in [3.63, 3.8) is 0 Å². The van der Waals surface area contributed by atoms with E-state index >= 15 is 0 Å². The van der Waals surface area contributed by atoms with Crippen LogP contribution >= 0.6 is 0 Å². The monoisotopic (exact) mass is 312 g/mol. The van der Waals surface area contributed by atoms with Gasteiger partial charge in [0.25, 0.3) is 0 Å². The maximum atomic E-state index is 8.42. The van der Waals surface area contributed by atoms with E-state index in [0.29, 0.717) is 0 Å². The Bertz CT molecular complexity index is 198. The van der Waals surface area contributed by atoms with Gasteiger partial charge in [-0.2, -0.15) is 0 Å². The molecule has 0 atom stereocenters. The van der Waals surface area contributed by atoms with Crippen molar-refractivity contribution in [2.24, 2.45) is 0 Å². The van der Waals surface area contributed by atoms with Crippen LogP contribution in [-0.2, 0) is 0 Å². The molecule has 0 unspecified atom stereocenters. The molecule has 2 heteroatoms. The molecule has 0 spiro atoms. The van der Waals surface area contributed by atoms with E-state index < -0.39 is 0 Å². The fourth-order valence-corrected chi connectivity index (χ4v) is 2.12. The number of unbranched alkanes of at least 4 members (excludes halogenated alkanes) is 10. The summed E-state index contributed by atoms with van der Waals surface area (Å²) in [5.74, 6) is 0. The van der Waals surface area contributed by atoms with E-state index in [4.69, 9.17) is 10.2 Å². The van der Waals surface area contributed by atoms with Gasteiger partial charge < -0.3 is 10.2 Å². The Morgan fingerprint density at radius 2 is 0.864 bits per heavy atom. The van der Waals surface area contributed by atoms with Crippen LogP contribution in [0.2, 0.25) is 0 Å². The highest BCUT2D eigenvalue weighted by Gasteiger charge is 1.86. The van der Waals surface area contributed by atoms with E-state index in [1.54, 1.807) is 0 Å². The minimum atomic E-state index is 0.189. The topological polar surface area (TPSA) is 40.5 Å². The third-order valence-electron chi connectivity index (χ3n) is 3.49. The van der Waals surface area contributed by atoms with Gasteiger partial charge in [0.1, 0.15) is 0 Å². The molecule has 0 radical (unpaired) electrons. The summed E-state index contributed by atoms with van der Waals surface area (Å²) in [5.41, 5.74) is 0. The molecule has 0 saturated heterocycles. The molecule has 0 aromatic carbocycles. The molecule has 0 aromatic heterocycles. The van der Waals surface area contributed by atoms with Crippen molar-refractivity contribution >= 4 is 0 Å². The smallest absolute Gasteiger partial charge is 0.0612 e. The summed E-state index contributed by atoms with van der Waals surface area (Å²) in [6.45, 7) is 4.83. The maximum Gasteiger partial charge on any atom is 0.0612 e. The molecule has 2 nitrogen and oxygen atoms in total. The highest BCUT2D eigenvalue weighted by molar-refractivity contribution is 4.80. The lowest BCUT2D eigenvalue weighted by Gasteiger charge is -1.95. The SMILES string of the molecule is CCCCCCC/C=C/CO.CCCCCCC/C=C/CO. The second-order valence-electron chi connectivity index (χ2n) is 5.71. The van der Waals surface area contributed by atoms with E-state index in [2.05, 4.69) is 26.0 Å². The molecule has 0 aromatic rings. The molecule has 0 bridgehead atoms. The summed E-state index contributed by atoms with van der Waals surface area (Å²) in [4.78, 5) is 0. The van der Waals surface area contributed by atoms with Crippen LogP contribution in [0.25, 0.3) is 0 Å². The lowest BCUT2D eigenvalue weighted by molar-refractivity contribution is 0.342. The summed E-state index contributed by atoms with van der Waals surface area (Å²) in [7, 11) is 0. The normalized spacial score (nSPS) is 11.1. The zero-order valence-corrected chi connectivity index (χ0v) is 15.1. The van der Waals surface area contributed by atoms with Crippen LogP contribution in [0.3, 0.4) is 0 Å². The molecule has 0 saturated carbocycles. The van der Waals surface area contributed by atoms with Gasteiger partial charge >= 0.3 is 0 Å². The van der Waals surface area contributed by atoms with Gasteiger partial charge in [-0.05, 0) is 25.7 Å². The van der Waals surface area contributed by atoms with Crippen LogP contribution in [0, 0.1) is 0 Å². The molecular weight excluding hydrogens is 272 g/mol. The summed E-state index contributed by atoms with van der Waals surface area (Å²) >= 11 is 0. The minimum Gasteiger partial charge on any atom is -0.392 e. The summed E-state index contributed by atoms with van der Waals surface area (Å²) in [6, 6.07) is 0. The zero-order chi connectivity index (χ0) is 16.7. The van der Waals surface area contributed by atoms with Crippen LogP contribution < -0.4 is 0 Å². The van der Waals surface area contributed by atoms with Gasteiger partial charge in [-0.1, -0.05) is 89.5 Å². The molecule has 0 heterocycles. The Kier molecular flexibility index (Phi) is 27.3. The molecular formula is C20H40O2. The predicted molar refractivity (Wildman–Crippen MR) is 99.2 cm³/mol. The standard InChI is InChI=1S/2C10H20O/c2*1-2-3-4-5-6-7-8-9-10-11/h2*8-9,11H,2-7,10H2,1H3/b2*9-8+. The number of hydrogen-bond acceptors (Lipinski definition) is 2. The molecule has 0 aliphatic carbocycles. The van der Waals surface area contributed by atoms with Crippen molar-refractivity contribution < 1.29 is 10.2 Å². The van der Waals surface area contributed by atoms with Crippen LogP contribution in [0.5, 0.6) is 0 Å². The first-order chi connectivity index (χ1) is 10.8. The van der Waals surface area contributed by atoms with Gasteiger partial charge in [-0.3, -0.25) is 0 Å². The van der Waals surface area contributed by atoms with Crippen molar-refractivity contribution in [2.75, 3.05) is 13.2 Å². The van der Waals surface area contributed by atoms with Gasteiger partial charge in [-0.15, -0.1) is 0 Å². The average molecular weight is 313 g/mol. The number of aliphatic hydroxyl groups is 2. The van der Waals surface area contributed by atoms with E-state index in [1.165, 1.54) is 64.2 Å². The summed E-state index contributed by atoms with van der Waals surface area (Å²) in [5, 5.41) is 16.8. The van der Waals surface area contributed by atoms with Crippen molar-refractivity contribution in [2.45, 2.75) is 90.9 Å². The van der Waals surface area contributed by atoms with E-state index in [0.717, 1.165) is 12.8 Å². The Labute approximate surface area is 139 Å². The Morgan fingerprint density at radius 1 is 0.500 bits per heavy atom. The predicted octanol–water partition coefficient (Wildman–Crippen LogP) is 5.79. The highest BCUT2D eigenvalue weighted by Crippen LogP contribution is 2.05. The van der Waals surface area contributed by atoms with Gasteiger partial charge in [-0.25, -0.2) is 0 Å². The molecule has 0 amide bonds. The summed E-state index contributed by atoms with van der Waals surface area (Å²) in [6.07, 6.45) is 23.3. The van der Waals surface area contributed by atoms with Crippen LogP contribution in [0.15, 0.2) is 24.3 Å². The first-order valence-electron chi connectivity index (χ1n) is 9.35. The molecule has 0 aliphatic heterocycles. The third-order valence-corrected chi connectivity index (χ3v) is 3.49. The lowest BCUT2D eigenvalue weighted by atomic mass is 10.1. The molecule has 22 heavy (non-hydrogen) atoms. The van der Waals surface area contributed by atoms with Crippen LogP contribution in [0.1, 0.15) is 90.9 Å². The lowest BCUT2D eigenvalue weighted by Crippen LogP contribution is -1.76. The molecule has 0 rings (SSSR count). The molecule has 0 fully saturated rings. The van der Waals surface area contributed by atoms with Gasteiger partial charge in [0.15, 0.2) is 0 Å². The van der Waals surface area contributed by atoms with Crippen molar-refractivity contribution in [1.29, 1.82) is 0 Å². The number of hydrogen-bond donors (Lipinski definition) is 2. The van der Waals surface area contributed by atoms with Crippen molar-refractivity contribution in [3.05, 3.63) is 24.3 Å². The second-order valence-corrected chi connectivity index (χ2v) is 5.71. The Hall–Kier alpha value is -0.600. The second kappa shape index (κ2) is 25.4.